The van der Waals surface area contributed by atoms with Gasteiger partial charge in [-0.2, -0.15) is 4.98 Å². The smallest absolute Gasteiger partial charge is 0.351 e. The van der Waals surface area contributed by atoms with Crippen molar-refractivity contribution in [3.8, 4) is 0 Å². The molecule has 2 heterocycles. The van der Waals surface area contributed by atoms with E-state index in [1.165, 1.54) is 0 Å². The lowest BCUT2D eigenvalue weighted by atomic mass is 10.2. The molecular formula is C17H20ClN5O. The van der Waals surface area contributed by atoms with Gasteiger partial charge < -0.3 is 10.3 Å². The second-order valence-electron chi connectivity index (χ2n) is 5.96. The van der Waals surface area contributed by atoms with E-state index in [2.05, 4.69) is 34.1 Å². The average molecular weight is 346 g/mol. The van der Waals surface area contributed by atoms with Gasteiger partial charge in [-0.15, -0.1) is 0 Å². The molecule has 0 aliphatic rings. The zero-order valence-corrected chi connectivity index (χ0v) is 14.7. The number of halogens is 1. The maximum Gasteiger partial charge on any atom is 0.351 e. The van der Waals surface area contributed by atoms with E-state index >= 15 is 0 Å². The number of anilines is 1. The van der Waals surface area contributed by atoms with E-state index in [1.54, 1.807) is 4.57 Å². The summed E-state index contributed by atoms with van der Waals surface area (Å²) in [4.78, 5) is 24.6. The minimum absolute atomic E-state index is 0.228. The Morgan fingerprint density at radius 2 is 1.96 bits per heavy atom. The predicted molar refractivity (Wildman–Crippen MR) is 97.0 cm³/mol. The highest BCUT2D eigenvalue weighted by atomic mass is 35.5. The fraction of sp³-hybridized carbons (Fsp3) is 0.353. The van der Waals surface area contributed by atoms with Crippen molar-refractivity contribution in [2.45, 2.75) is 33.2 Å². The molecule has 2 aromatic heterocycles. The third kappa shape index (κ3) is 3.14. The molecule has 1 aromatic carbocycles. The SMILES string of the molecule is CCNc1nc(=O)n(Cc2ccc(Cl)cc2)c2nc(C(C)C)[nH]c12. The van der Waals surface area contributed by atoms with Gasteiger partial charge in [0.05, 0.1) is 6.54 Å². The third-order valence-corrected chi connectivity index (χ3v) is 4.03. The monoisotopic (exact) mass is 345 g/mol. The number of hydrogen-bond donors (Lipinski definition) is 2. The number of aromatic nitrogens is 4. The van der Waals surface area contributed by atoms with Crippen LogP contribution in [0, 0.1) is 0 Å². The molecule has 0 saturated carbocycles. The van der Waals surface area contributed by atoms with Gasteiger partial charge in [0.1, 0.15) is 11.3 Å². The molecule has 0 saturated heterocycles. The molecule has 0 unspecified atom stereocenters. The van der Waals surface area contributed by atoms with Crippen molar-refractivity contribution in [1.29, 1.82) is 0 Å². The molecule has 126 valence electrons. The van der Waals surface area contributed by atoms with Gasteiger partial charge in [0.2, 0.25) is 0 Å². The second kappa shape index (κ2) is 6.65. The highest BCUT2D eigenvalue weighted by Crippen LogP contribution is 2.21. The summed E-state index contributed by atoms with van der Waals surface area (Å²) in [6.07, 6.45) is 0. The molecule has 0 fully saturated rings. The summed E-state index contributed by atoms with van der Waals surface area (Å²) in [6.45, 7) is 7.15. The van der Waals surface area contributed by atoms with Crippen molar-refractivity contribution >= 4 is 28.6 Å². The molecule has 2 N–H and O–H groups in total. The van der Waals surface area contributed by atoms with E-state index in [0.29, 0.717) is 29.6 Å². The first-order valence-electron chi connectivity index (χ1n) is 7.98. The summed E-state index contributed by atoms with van der Waals surface area (Å²) in [6, 6.07) is 7.41. The highest BCUT2D eigenvalue weighted by Gasteiger charge is 2.16. The van der Waals surface area contributed by atoms with E-state index in [-0.39, 0.29) is 11.6 Å². The molecule has 0 bridgehead atoms. The molecule has 0 atom stereocenters. The molecule has 3 aromatic rings. The first kappa shape index (κ1) is 16.5. The fourth-order valence-electron chi connectivity index (χ4n) is 2.53. The van der Waals surface area contributed by atoms with Crippen LogP contribution in [0.25, 0.3) is 11.2 Å². The summed E-state index contributed by atoms with van der Waals surface area (Å²) in [5.41, 5.74) is 2.02. The van der Waals surface area contributed by atoms with Crippen molar-refractivity contribution in [1.82, 2.24) is 19.5 Å². The number of H-pyrrole nitrogens is 1. The van der Waals surface area contributed by atoms with Gasteiger partial charge in [0.25, 0.3) is 0 Å². The third-order valence-electron chi connectivity index (χ3n) is 3.78. The number of hydrogen-bond acceptors (Lipinski definition) is 4. The van der Waals surface area contributed by atoms with E-state index in [4.69, 9.17) is 11.6 Å². The molecule has 24 heavy (non-hydrogen) atoms. The van der Waals surface area contributed by atoms with Gasteiger partial charge >= 0.3 is 5.69 Å². The summed E-state index contributed by atoms with van der Waals surface area (Å²) in [5.74, 6) is 1.61. The van der Waals surface area contributed by atoms with Crippen LogP contribution in [0.15, 0.2) is 29.1 Å². The number of nitrogens with one attached hydrogen (secondary N) is 2. The van der Waals surface area contributed by atoms with E-state index in [9.17, 15) is 4.79 Å². The number of benzene rings is 1. The number of aromatic amines is 1. The Balaban J connectivity index is 2.15. The summed E-state index contributed by atoms with van der Waals surface area (Å²) < 4.78 is 1.59. The normalized spacial score (nSPS) is 11.4. The van der Waals surface area contributed by atoms with Crippen LogP contribution in [-0.4, -0.2) is 26.1 Å². The molecule has 0 aliphatic heterocycles. The van der Waals surface area contributed by atoms with Gasteiger partial charge in [-0.25, -0.2) is 9.78 Å². The topological polar surface area (TPSA) is 75.6 Å². The Morgan fingerprint density at radius 1 is 1.25 bits per heavy atom. The Morgan fingerprint density at radius 3 is 2.58 bits per heavy atom. The van der Waals surface area contributed by atoms with Crippen LogP contribution in [0.1, 0.15) is 38.1 Å². The van der Waals surface area contributed by atoms with Gasteiger partial charge in [-0.3, -0.25) is 4.57 Å². The quantitative estimate of drug-likeness (QED) is 0.743. The largest absolute Gasteiger partial charge is 0.368 e. The number of rotatable bonds is 5. The lowest BCUT2D eigenvalue weighted by Gasteiger charge is -2.09. The van der Waals surface area contributed by atoms with Crippen LogP contribution < -0.4 is 11.0 Å². The van der Waals surface area contributed by atoms with Crippen LogP contribution in [0.3, 0.4) is 0 Å². The highest BCUT2D eigenvalue weighted by molar-refractivity contribution is 6.30. The molecule has 7 heteroatoms. The molecule has 3 rings (SSSR count). The van der Waals surface area contributed by atoms with Crippen molar-refractivity contribution in [3.05, 3.63) is 51.2 Å². The maximum atomic E-state index is 12.5. The van der Waals surface area contributed by atoms with Gasteiger partial charge in [-0.1, -0.05) is 37.6 Å². The van der Waals surface area contributed by atoms with Crippen LogP contribution in [-0.2, 0) is 6.54 Å². The number of nitrogens with zero attached hydrogens (tertiary/aromatic N) is 3. The standard InChI is InChI=1S/C17H20ClN5O/c1-4-19-15-13-16(21-14(20-13)10(2)3)23(17(24)22-15)9-11-5-7-12(18)8-6-11/h5-8,10H,4,9H2,1-3H3,(H,20,21)(H,19,22,24). The van der Waals surface area contributed by atoms with Crippen molar-refractivity contribution in [2.24, 2.45) is 0 Å². The van der Waals surface area contributed by atoms with Crippen molar-refractivity contribution < 1.29 is 0 Å². The number of fused-ring (bicyclic) bond motifs is 1. The molecule has 0 amide bonds. The molecule has 0 spiro atoms. The van der Waals surface area contributed by atoms with Crippen LogP contribution >= 0.6 is 11.6 Å². The predicted octanol–water partition coefficient (Wildman–Crippen LogP) is 3.38. The Kier molecular flexibility index (Phi) is 4.57. The van der Waals surface area contributed by atoms with Gasteiger partial charge in [-0.05, 0) is 24.6 Å². The molecule has 6 nitrogen and oxygen atoms in total. The average Bonchev–Trinajstić information content (AvgIpc) is 2.99. The van der Waals surface area contributed by atoms with Crippen molar-refractivity contribution in [2.75, 3.05) is 11.9 Å². The van der Waals surface area contributed by atoms with Crippen molar-refractivity contribution in [3.63, 3.8) is 0 Å². The summed E-state index contributed by atoms with van der Waals surface area (Å²) >= 11 is 5.93. The lowest BCUT2D eigenvalue weighted by molar-refractivity contribution is 0.747. The maximum absolute atomic E-state index is 12.5. The first-order chi connectivity index (χ1) is 11.5. The van der Waals surface area contributed by atoms with E-state index in [1.807, 2.05) is 31.2 Å². The van der Waals surface area contributed by atoms with E-state index in [0.717, 1.165) is 16.9 Å². The zero-order chi connectivity index (χ0) is 17.3. The minimum atomic E-state index is -0.324. The molecular weight excluding hydrogens is 326 g/mol. The fourth-order valence-corrected chi connectivity index (χ4v) is 2.65. The second-order valence-corrected chi connectivity index (χ2v) is 6.40. The first-order valence-corrected chi connectivity index (χ1v) is 8.36. The van der Waals surface area contributed by atoms with Gasteiger partial charge in [0, 0.05) is 17.5 Å². The van der Waals surface area contributed by atoms with Crippen LogP contribution in [0.2, 0.25) is 5.02 Å². The van der Waals surface area contributed by atoms with E-state index < -0.39 is 0 Å². The number of imidazole rings is 1. The van der Waals surface area contributed by atoms with Gasteiger partial charge in [0.15, 0.2) is 11.5 Å². The zero-order valence-electron chi connectivity index (χ0n) is 13.9. The minimum Gasteiger partial charge on any atom is -0.368 e. The van der Waals surface area contributed by atoms with Crippen LogP contribution in [0.5, 0.6) is 0 Å². The molecule has 0 radical (unpaired) electrons. The summed E-state index contributed by atoms with van der Waals surface area (Å²) in [5, 5.41) is 3.79. The Labute approximate surface area is 144 Å². The molecule has 0 aliphatic carbocycles. The van der Waals surface area contributed by atoms with Crippen LogP contribution in [0.4, 0.5) is 5.82 Å². The summed E-state index contributed by atoms with van der Waals surface area (Å²) in [7, 11) is 0. The lowest BCUT2D eigenvalue weighted by Crippen LogP contribution is -2.25. The Bertz CT molecular complexity index is 911. The Hall–Kier alpha value is -2.34.